The second kappa shape index (κ2) is 41.0. The van der Waals surface area contributed by atoms with Gasteiger partial charge in [-0.3, -0.25) is 0 Å². The molecule has 0 aliphatic heterocycles. The molecule has 13 aromatic rings. The number of ether oxygens (including phenoxy) is 6. The molecule has 0 aliphatic carbocycles. The first-order chi connectivity index (χ1) is 55.7. The van der Waals surface area contributed by atoms with Crippen LogP contribution in [0, 0.1) is 0 Å². The van der Waals surface area contributed by atoms with Gasteiger partial charge >= 0.3 is 0 Å². The van der Waals surface area contributed by atoms with Gasteiger partial charge in [0.05, 0.1) is 76.4 Å². The zero-order chi connectivity index (χ0) is 79.5. The average Bonchev–Trinajstić information content (AvgIpc) is 1.26. The van der Waals surface area contributed by atoms with Crippen LogP contribution in [0.4, 0.5) is 0 Å². The van der Waals surface area contributed by atoms with Crippen molar-refractivity contribution >= 4 is 139 Å². The lowest BCUT2D eigenvalue weighted by atomic mass is 9.85. The lowest BCUT2D eigenvalue weighted by Gasteiger charge is -2.27. The van der Waals surface area contributed by atoms with E-state index in [1.807, 2.05) is 146 Å². The number of aromatic nitrogens is 18. The van der Waals surface area contributed by atoms with Gasteiger partial charge in [-0.15, -0.1) is 170 Å². The van der Waals surface area contributed by atoms with Crippen LogP contribution in [0.3, 0.4) is 0 Å². The molecule has 0 aliphatic rings. The van der Waals surface area contributed by atoms with E-state index in [2.05, 4.69) is 0 Å². The average molecular weight is 1780 g/mol. The maximum absolute atomic E-state index is 6.41. The third kappa shape index (κ3) is 22.6. The molecule has 594 valence electrons. The second-order valence-electron chi connectivity index (χ2n) is 26.6. The number of alkyl halides is 12. The van der Waals surface area contributed by atoms with Gasteiger partial charge in [-0.05, 0) is 173 Å². The van der Waals surface area contributed by atoms with Gasteiger partial charge in [0.25, 0.3) is 0 Å². The predicted molar refractivity (Wildman–Crippen MR) is 441 cm³/mol. The molecule has 0 unspecified atom stereocenters. The molecule has 0 N–H and O–H groups in total. The molecule has 13 rings (SSSR count). The second-order valence-corrected chi connectivity index (χ2v) is 29.8. The quantitative estimate of drug-likeness (QED) is 0.0323. The maximum atomic E-state index is 6.41. The minimum Gasteiger partial charge on any atom is -0.487 e. The zero-order valence-corrected chi connectivity index (χ0v) is 69.9. The van der Waals surface area contributed by atoms with Gasteiger partial charge in [0.2, 0.25) is 0 Å². The summed E-state index contributed by atoms with van der Waals surface area (Å²) in [4.78, 5) is 0. The van der Waals surface area contributed by atoms with Gasteiger partial charge in [0, 0.05) is 70.6 Å². The molecule has 36 heteroatoms. The summed E-state index contributed by atoms with van der Waals surface area (Å²) in [6.45, 7) is 0.710. The van der Waals surface area contributed by atoms with E-state index in [-0.39, 0.29) is 149 Å². The Morgan fingerprint density at radius 1 is 0.184 bits per heavy atom. The fourth-order valence-corrected chi connectivity index (χ4v) is 14.7. The third-order valence-electron chi connectivity index (χ3n) is 18.0. The molecule has 114 heavy (non-hydrogen) atoms. The van der Waals surface area contributed by atoms with E-state index < -0.39 is 0 Å². The van der Waals surface area contributed by atoms with Gasteiger partial charge in [0.1, 0.15) is 108 Å². The third-order valence-corrected chi connectivity index (χ3v) is 21.7. The van der Waals surface area contributed by atoms with Crippen LogP contribution in [0.1, 0.15) is 134 Å². The van der Waals surface area contributed by atoms with Crippen LogP contribution in [0.15, 0.2) is 146 Å². The highest BCUT2D eigenvalue weighted by Crippen LogP contribution is 2.36. The molecule has 0 atom stereocenters. The topological polar surface area (TPSA) is 240 Å². The lowest BCUT2D eigenvalue weighted by molar-refractivity contribution is 0.300. The van der Waals surface area contributed by atoms with Crippen molar-refractivity contribution in [1.82, 2.24) is 90.0 Å². The predicted octanol–water partition coefficient (Wildman–Crippen LogP) is 17.9. The van der Waals surface area contributed by atoms with Crippen molar-refractivity contribution in [3.05, 3.63) is 281 Å². The Kier molecular flexibility index (Phi) is 30.1. The van der Waals surface area contributed by atoms with Crippen molar-refractivity contribution in [2.75, 3.05) is 0 Å². The summed E-state index contributed by atoms with van der Waals surface area (Å²) in [5.41, 5.74) is 17.7. The van der Waals surface area contributed by atoms with E-state index in [4.69, 9.17) is 230 Å². The maximum Gasteiger partial charge on any atom is 0.134 e. The monoisotopic (exact) mass is 1780 g/mol. The Balaban J connectivity index is 0.995. The minimum atomic E-state index is 0.0386. The van der Waals surface area contributed by atoms with E-state index in [0.29, 0.717) is 68.7 Å². The zero-order valence-electron chi connectivity index (χ0n) is 60.9. The van der Waals surface area contributed by atoms with Crippen molar-refractivity contribution < 1.29 is 28.4 Å². The number of hydrogen-bond donors (Lipinski definition) is 0. The Bertz CT molecular complexity index is 4410. The molecular weight excluding hydrogens is 1710 g/mol. The molecule has 0 radical (unpaired) electrons. The summed E-state index contributed by atoms with van der Waals surface area (Å²) in [7, 11) is 0. The van der Waals surface area contributed by atoms with Crippen molar-refractivity contribution in [3.63, 3.8) is 0 Å². The van der Waals surface area contributed by atoms with Crippen LogP contribution < -0.4 is 28.4 Å². The van der Waals surface area contributed by atoms with Gasteiger partial charge in [-0.2, -0.15) is 0 Å². The molecule has 24 nitrogen and oxygen atoms in total. The standard InChI is InChI=1S/C78H72Cl12N18O6/c79-19-49-1-50(20-80)8-67(7-49)109-43-61-31-103(97-91-61)37-73-74(38-104-32-62(92-98-104)44-110-68-9-51(21-81)2-52(10-68)22-82)76(40-106-34-64(94-100-106)46-112-70-13-55(25-85)4-56(14-70)26-86)78(42-108-36-66(96-102-108)48-114-72-17-59(29-89)6-60(18-72)30-90)77(41-107-35-65(95-101-107)47-113-71-15-57(27-87)5-58(16-71)28-88)75(73)39-105-33-63(93-99-105)45-111-69-11-53(23-83)3-54(12-69)24-84/h1-18,31-36H,19-30,37-48H2. The lowest BCUT2D eigenvalue weighted by Crippen LogP contribution is -2.24. The van der Waals surface area contributed by atoms with Crippen molar-refractivity contribution in [1.29, 1.82) is 0 Å². The number of nitrogens with zero attached hydrogens (tertiary/aromatic N) is 18. The number of benzene rings is 7. The molecule has 6 heterocycles. The van der Waals surface area contributed by atoms with Gasteiger partial charge in [-0.1, -0.05) is 67.7 Å². The number of halogens is 12. The normalized spacial score (nSPS) is 11.5. The Hall–Kier alpha value is -8.34. The highest BCUT2D eigenvalue weighted by Gasteiger charge is 2.29. The smallest absolute Gasteiger partial charge is 0.134 e. The summed E-state index contributed by atoms with van der Waals surface area (Å²) in [6, 6.07) is 34.1. The van der Waals surface area contributed by atoms with Crippen molar-refractivity contribution in [3.8, 4) is 34.5 Å². The molecule has 7 aromatic carbocycles. The van der Waals surface area contributed by atoms with Crippen LogP contribution in [0.2, 0.25) is 0 Å². The summed E-state index contributed by atoms with van der Waals surface area (Å²) >= 11 is 76.3. The summed E-state index contributed by atoms with van der Waals surface area (Å²) < 4.78 is 49.0. The molecule has 0 spiro atoms. The van der Waals surface area contributed by atoms with Crippen molar-refractivity contribution in [2.45, 2.75) is 149 Å². The van der Waals surface area contributed by atoms with Gasteiger partial charge < -0.3 is 28.4 Å². The van der Waals surface area contributed by atoms with Gasteiger partial charge in [-0.25, -0.2) is 28.1 Å². The minimum absolute atomic E-state index is 0.0386. The molecular formula is C78H72Cl12N18O6. The molecule has 0 saturated carbocycles. The fraction of sp³-hybridized carbons (Fsp3) is 0.308. The highest BCUT2D eigenvalue weighted by atomic mass is 35.5. The van der Waals surface area contributed by atoms with E-state index in [1.54, 1.807) is 28.1 Å². The SMILES string of the molecule is ClCc1cc(CCl)cc(OCc2cn(Cc3c(Cn4cc(COc5cc(CCl)cc(CCl)c5)nn4)c(Cn4cc(COc5cc(CCl)cc(CCl)c5)nn4)c(Cn4cc(COc5cc(CCl)cc(CCl)c5)nn4)c(Cn4cc(COc5cc(CCl)cc(CCl)c5)nn4)c3Cn3cc(COc4cc(CCl)cc(CCl)c4)nn3)nn2)c1. The summed E-state index contributed by atoms with van der Waals surface area (Å²) in [5.74, 6) is 6.46. The fourth-order valence-electron chi connectivity index (χ4n) is 12.8. The number of hydrogen-bond acceptors (Lipinski definition) is 18. The Morgan fingerprint density at radius 3 is 0.421 bits per heavy atom. The van der Waals surface area contributed by atoms with E-state index in [9.17, 15) is 0 Å². The Labute approximate surface area is 716 Å². The number of rotatable bonds is 42. The largest absolute Gasteiger partial charge is 0.487 e. The van der Waals surface area contributed by atoms with Crippen LogP contribution in [0.25, 0.3) is 0 Å². The van der Waals surface area contributed by atoms with Crippen molar-refractivity contribution in [2.24, 2.45) is 0 Å². The van der Waals surface area contributed by atoms with E-state index in [1.165, 1.54) is 0 Å². The molecule has 0 saturated heterocycles. The molecule has 0 amide bonds. The Morgan fingerprint density at radius 2 is 0.307 bits per heavy atom. The summed E-state index contributed by atoms with van der Waals surface area (Å²) in [6.07, 6.45) is 11.0. The van der Waals surface area contributed by atoms with Crippen LogP contribution >= 0.6 is 139 Å². The molecule has 6 aromatic heterocycles. The van der Waals surface area contributed by atoms with E-state index >= 15 is 0 Å². The van der Waals surface area contributed by atoms with Crippen LogP contribution in [-0.2, 0) is 149 Å². The molecule has 0 bridgehead atoms. The van der Waals surface area contributed by atoms with E-state index in [0.717, 1.165) is 100 Å². The first-order valence-electron chi connectivity index (χ1n) is 35.5. The molecule has 0 fully saturated rings. The first kappa shape index (κ1) is 83.6. The first-order valence-corrected chi connectivity index (χ1v) is 41.9. The van der Waals surface area contributed by atoms with Crippen LogP contribution in [-0.4, -0.2) is 90.0 Å². The highest BCUT2D eigenvalue weighted by molar-refractivity contribution is 6.20. The summed E-state index contributed by atoms with van der Waals surface area (Å²) in [5, 5.41) is 57.1. The van der Waals surface area contributed by atoms with Crippen LogP contribution in [0.5, 0.6) is 34.5 Å². The van der Waals surface area contributed by atoms with Gasteiger partial charge in [0.15, 0.2) is 0 Å².